The largest absolute Gasteiger partial charge is 0.409 e. The first-order valence-electron chi connectivity index (χ1n) is 10.6. The number of hydrogen-bond donors (Lipinski definition) is 0. The van der Waals surface area contributed by atoms with Crippen LogP contribution in [0.15, 0.2) is 29.2 Å². The Morgan fingerprint density at radius 2 is 1.97 bits per heavy atom. The van der Waals surface area contributed by atoms with Crippen LogP contribution in [0.4, 0.5) is 30.6 Å². The number of ether oxygens (including phenoxy) is 1. The third-order valence-electron chi connectivity index (χ3n) is 6.22. The molecule has 0 spiro atoms. The second-order valence-electron chi connectivity index (χ2n) is 8.45. The molecule has 31 heavy (non-hydrogen) atoms. The monoisotopic (exact) mass is 435 g/mol. The first-order valence-corrected chi connectivity index (χ1v) is 10.6. The first kappa shape index (κ1) is 20.3. The van der Waals surface area contributed by atoms with E-state index in [0.717, 1.165) is 23.1 Å². The Morgan fingerprint density at radius 1 is 1.16 bits per heavy atom. The van der Waals surface area contributed by atoms with Gasteiger partial charge in [-0.15, -0.1) is 0 Å². The number of halogens is 3. The molecule has 1 saturated heterocycles. The summed E-state index contributed by atoms with van der Waals surface area (Å²) >= 11 is 0. The highest BCUT2D eigenvalue weighted by Crippen LogP contribution is 2.42. The zero-order chi connectivity index (χ0) is 21.8. The van der Waals surface area contributed by atoms with Crippen molar-refractivity contribution >= 4 is 17.5 Å². The molecular weight excluding hydrogens is 411 g/mol. The predicted octanol–water partition coefficient (Wildman–Crippen LogP) is 3.39. The molecule has 0 N–H and O–H groups in total. The number of alkyl halides is 3. The molecule has 0 unspecified atom stereocenters. The minimum absolute atomic E-state index is 0.00994. The lowest BCUT2D eigenvalue weighted by Gasteiger charge is -2.38. The molecule has 0 radical (unpaired) electrons. The fraction of sp³-hybridized carbons (Fsp3) is 0.571. The lowest BCUT2D eigenvalue weighted by molar-refractivity contribution is -0.170. The molecule has 5 rings (SSSR count). The lowest BCUT2D eigenvalue weighted by atomic mass is 10.1. The number of aromatic nitrogens is 3. The molecule has 0 aromatic carbocycles. The van der Waals surface area contributed by atoms with Crippen LogP contribution in [-0.4, -0.2) is 53.1 Å². The summed E-state index contributed by atoms with van der Waals surface area (Å²) in [5, 5.41) is 0. The van der Waals surface area contributed by atoms with E-state index < -0.39 is 17.8 Å². The molecule has 2 fully saturated rings. The molecular formula is C21H24F3N5O2. The Bertz CT molecular complexity index is 1020. The molecule has 3 aliphatic rings. The highest BCUT2D eigenvalue weighted by molar-refractivity contribution is 5.60. The number of hydrogen-bond acceptors (Lipinski definition) is 6. The number of anilines is 3. The van der Waals surface area contributed by atoms with Crippen LogP contribution in [0.5, 0.6) is 0 Å². The summed E-state index contributed by atoms with van der Waals surface area (Å²) in [7, 11) is 0. The topological polar surface area (TPSA) is 63.5 Å². The van der Waals surface area contributed by atoms with E-state index in [2.05, 4.69) is 9.97 Å². The van der Waals surface area contributed by atoms with Crippen molar-refractivity contribution in [2.45, 2.75) is 50.4 Å². The maximum Gasteiger partial charge on any atom is 0.409 e. The van der Waals surface area contributed by atoms with Gasteiger partial charge in [0.05, 0.1) is 31.1 Å². The van der Waals surface area contributed by atoms with E-state index in [0.29, 0.717) is 37.2 Å². The fourth-order valence-electron chi connectivity index (χ4n) is 4.38. The van der Waals surface area contributed by atoms with Gasteiger partial charge in [-0.05, 0) is 38.3 Å². The number of nitrogens with zero attached hydrogens (tertiary/aromatic N) is 5. The van der Waals surface area contributed by atoms with Crippen LogP contribution in [-0.2, 0) is 4.74 Å². The van der Waals surface area contributed by atoms with Crippen LogP contribution >= 0.6 is 0 Å². The summed E-state index contributed by atoms with van der Waals surface area (Å²) in [6, 6.07) is 3.06. The summed E-state index contributed by atoms with van der Waals surface area (Å²) in [5.41, 5.74) is 0.932. The molecule has 0 amide bonds. The van der Waals surface area contributed by atoms with Gasteiger partial charge >= 0.3 is 6.18 Å². The van der Waals surface area contributed by atoms with Crippen molar-refractivity contribution in [3.05, 3.63) is 40.4 Å². The summed E-state index contributed by atoms with van der Waals surface area (Å²) in [6.07, 6.45) is -0.861. The minimum atomic E-state index is -4.53. The Hall–Kier alpha value is -2.62. The fourth-order valence-corrected chi connectivity index (χ4v) is 4.38. The highest BCUT2D eigenvalue weighted by Gasteiger charge is 2.46. The molecule has 10 heteroatoms. The molecule has 166 valence electrons. The van der Waals surface area contributed by atoms with E-state index in [9.17, 15) is 18.0 Å². The van der Waals surface area contributed by atoms with Crippen LogP contribution in [0.1, 0.15) is 43.8 Å². The Labute approximate surface area is 177 Å². The average Bonchev–Trinajstić information content (AvgIpc) is 3.58. The van der Waals surface area contributed by atoms with Crippen molar-refractivity contribution in [3.63, 3.8) is 0 Å². The van der Waals surface area contributed by atoms with E-state index in [-0.39, 0.29) is 25.0 Å². The minimum Gasteiger partial charge on any atom is -0.377 e. The zero-order valence-electron chi connectivity index (χ0n) is 17.2. The SMILES string of the molecule is C[C@@H]1COCCN1c1cc(=O)n2c(n1)N(c1ccc(C3CC3)nc1)CC[C@@H]2C(F)(F)F. The van der Waals surface area contributed by atoms with Crippen molar-refractivity contribution in [1.29, 1.82) is 0 Å². The van der Waals surface area contributed by atoms with Gasteiger partial charge in [-0.3, -0.25) is 14.3 Å². The summed E-state index contributed by atoms with van der Waals surface area (Å²) in [6.45, 7) is 3.52. The maximum absolute atomic E-state index is 13.8. The van der Waals surface area contributed by atoms with E-state index in [1.54, 1.807) is 11.1 Å². The zero-order valence-corrected chi connectivity index (χ0v) is 17.2. The van der Waals surface area contributed by atoms with Crippen molar-refractivity contribution < 1.29 is 17.9 Å². The normalized spacial score (nSPS) is 24.3. The van der Waals surface area contributed by atoms with Gasteiger partial charge in [-0.1, -0.05) is 0 Å². The van der Waals surface area contributed by atoms with E-state index in [1.165, 1.54) is 6.07 Å². The number of morpholine rings is 1. The van der Waals surface area contributed by atoms with Crippen LogP contribution in [0.25, 0.3) is 0 Å². The molecule has 2 aliphatic heterocycles. The average molecular weight is 435 g/mol. The molecule has 4 heterocycles. The van der Waals surface area contributed by atoms with Gasteiger partial charge in [0, 0.05) is 30.8 Å². The summed E-state index contributed by atoms with van der Waals surface area (Å²) < 4.78 is 47.5. The number of rotatable bonds is 3. The van der Waals surface area contributed by atoms with Crippen molar-refractivity contribution in [2.75, 3.05) is 36.1 Å². The first-order chi connectivity index (χ1) is 14.8. The standard InChI is InChI=1S/C21H24F3N5O2/c1-13-12-31-9-8-27(13)18-10-19(30)29-17(21(22,23)24)6-7-28(20(29)26-18)15-4-5-16(25-11-15)14-2-3-14/h4-5,10-11,13-14,17H,2-3,6-9,12H2,1H3/t13-,17-/m1/s1. The van der Waals surface area contributed by atoms with Gasteiger partial charge in [-0.25, -0.2) is 0 Å². The Balaban J connectivity index is 1.59. The van der Waals surface area contributed by atoms with Gasteiger partial charge in [0.2, 0.25) is 5.95 Å². The van der Waals surface area contributed by atoms with Gasteiger partial charge in [0.15, 0.2) is 0 Å². The highest BCUT2D eigenvalue weighted by atomic mass is 19.4. The second-order valence-corrected chi connectivity index (χ2v) is 8.45. The van der Waals surface area contributed by atoms with Gasteiger partial charge in [0.1, 0.15) is 11.9 Å². The molecule has 7 nitrogen and oxygen atoms in total. The van der Waals surface area contributed by atoms with E-state index >= 15 is 0 Å². The van der Waals surface area contributed by atoms with E-state index in [4.69, 9.17) is 4.74 Å². The number of fused-ring (bicyclic) bond motifs is 1. The third-order valence-corrected chi connectivity index (χ3v) is 6.22. The Kier molecular flexibility index (Phi) is 4.91. The van der Waals surface area contributed by atoms with Crippen molar-refractivity contribution in [1.82, 2.24) is 14.5 Å². The number of pyridine rings is 1. The summed E-state index contributed by atoms with van der Waals surface area (Å²) in [4.78, 5) is 25.6. The van der Waals surface area contributed by atoms with Gasteiger partial charge in [-0.2, -0.15) is 18.2 Å². The smallest absolute Gasteiger partial charge is 0.377 e. The van der Waals surface area contributed by atoms with Crippen molar-refractivity contribution in [3.8, 4) is 0 Å². The summed E-state index contributed by atoms with van der Waals surface area (Å²) in [5.74, 6) is 0.866. The maximum atomic E-state index is 13.8. The van der Waals surface area contributed by atoms with E-state index in [1.807, 2.05) is 24.0 Å². The molecule has 1 aliphatic carbocycles. The molecule has 0 bridgehead atoms. The van der Waals surface area contributed by atoms with Crippen molar-refractivity contribution in [2.24, 2.45) is 0 Å². The van der Waals surface area contributed by atoms with Crippen LogP contribution in [0.2, 0.25) is 0 Å². The second kappa shape index (κ2) is 7.51. The molecule has 2 aromatic rings. The lowest BCUT2D eigenvalue weighted by Crippen LogP contribution is -2.47. The van der Waals surface area contributed by atoms with Crippen LogP contribution in [0, 0.1) is 0 Å². The van der Waals surface area contributed by atoms with Crippen LogP contribution in [0.3, 0.4) is 0 Å². The predicted molar refractivity (Wildman–Crippen MR) is 109 cm³/mol. The molecule has 2 aromatic heterocycles. The van der Waals surface area contributed by atoms with Crippen LogP contribution < -0.4 is 15.4 Å². The third kappa shape index (κ3) is 3.77. The van der Waals surface area contributed by atoms with Gasteiger partial charge in [0.25, 0.3) is 5.56 Å². The molecule has 2 atom stereocenters. The molecule has 1 saturated carbocycles. The van der Waals surface area contributed by atoms with Gasteiger partial charge < -0.3 is 14.5 Å². The Morgan fingerprint density at radius 3 is 2.61 bits per heavy atom. The quantitative estimate of drug-likeness (QED) is 0.737.